The summed E-state index contributed by atoms with van der Waals surface area (Å²) < 4.78 is 1.98. The zero-order chi connectivity index (χ0) is 15.9. The molecule has 0 unspecified atom stereocenters. The molecule has 1 aromatic heterocycles. The van der Waals surface area contributed by atoms with Crippen molar-refractivity contribution in [1.29, 1.82) is 0 Å². The van der Waals surface area contributed by atoms with Crippen LogP contribution in [0.2, 0.25) is 0 Å². The summed E-state index contributed by atoms with van der Waals surface area (Å²) in [6.45, 7) is 9.54. The molecule has 0 atom stereocenters. The van der Waals surface area contributed by atoms with Crippen LogP contribution >= 0.6 is 0 Å². The molecular weight excluding hydrogens is 278 g/mol. The lowest BCUT2D eigenvalue weighted by Gasteiger charge is -2.32. The van der Waals surface area contributed by atoms with Crippen LogP contribution in [0.5, 0.6) is 0 Å². The van der Waals surface area contributed by atoms with E-state index in [-0.39, 0.29) is 0 Å². The van der Waals surface area contributed by atoms with Gasteiger partial charge in [0, 0.05) is 39.8 Å². The minimum atomic E-state index is 0.466. The number of piperidine rings is 1. The van der Waals surface area contributed by atoms with Gasteiger partial charge in [0.1, 0.15) is 5.82 Å². The molecule has 2 N–H and O–H groups in total. The Morgan fingerprint density at radius 3 is 2.68 bits per heavy atom. The normalized spacial score (nSPS) is 17.5. The number of guanidine groups is 1. The molecular formula is C15H27N7. The number of nitrogens with one attached hydrogen (secondary N) is 2. The largest absolute Gasteiger partial charge is 0.354 e. The van der Waals surface area contributed by atoms with Crippen molar-refractivity contribution in [3.8, 4) is 0 Å². The van der Waals surface area contributed by atoms with Gasteiger partial charge < -0.3 is 15.2 Å². The number of hydrogen-bond donors (Lipinski definition) is 2. The van der Waals surface area contributed by atoms with Crippen LogP contribution in [0.25, 0.3) is 0 Å². The zero-order valence-electron chi connectivity index (χ0n) is 13.8. The van der Waals surface area contributed by atoms with Crippen molar-refractivity contribution in [2.45, 2.75) is 32.4 Å². The molecule has 22 heavy (non-hydrogen) atoms. The van der Waals surface area contributed by atoms with Crippen molar-refractivity contribution in [1.82, 2.24) is 30.3 Å². The molecule has 1 aliphatic heterocycles. The molecule has 1 saturated heterocycles. The molecule has 0 radical (unpaired) electrons. The summed E-state index contributed by atoms with van der Waals surface area (Å²) in [5, 5.41) is 15.0. The highest BCUT2D eigenvalue weighted by Gasteiger charge is 2.19. The fourth-order valence-corrected chi connectivity index (χ4v) is 2.60. The number of nitrogens with zero attached hydrogens (tertiary/aromatic N) is 5. The van der Waals surface area contributed by atoms with Crippen LogP contribution in [-0.2, 0) is 13.6 Å². The van der Waals surface area contributed by atoms with Gasteiger partial charge in [-0.15, -0.1) is 16.8 Å². The molecule has 0 saturated carbocycles. The molecule has 1 aromatic rings. The third kappa shape index (κ3) is 4.30. The van der Waals surface area contributed by atoms with Gasteiger partial charge in [-0.05, 0) is 19.8 Å². The molecule has 0 bridgehead atoms. The van der Waals surface area contributed by atoms with Gasteiger partial charge in [0.15, 0.2) is 11.8 Å². The predicted molar refractivity (Wildman–Crippen MR) is 88.7 cm³/mol. The lowest BCUT2D eigenvalue weighted by atomic mass is 10.1. The van der Waals surface area contributed by atoms with Crippen molar-refractivity contribution in [2.75, 3.05) is 26.7 Å². The molecule has 2 rings (SSSR count). The van der Waals surface area contributed by atoms with Gasteiger partial charge >= 0.3 is 0 Å². The smallest absolute Gasteiger partial charge is 0.191 e. The molecule has 0 spiro atoms. The molecule has 0 aliphatic carbocycles. The van der Waals surface area contributed by atoms with E-state index in [2.05, 4.69) is 37.3 Å². The average Bonchev–Trinajstić information content (AvgIpc) is 2.85. The summed E-state index contributed by atoms with van der Waals surface area (Å²) in [6.07, 6.45) is 4.21. The predicted octanol–water partition coefficient (Wildman–Crippen LogP) is 0.439. The summed E-state index contributed by atoms with van der Waals surface area (Å²) in [4.78, 5) is 6.72. The summed E-state index contributed by atoms with van der Waals surface area (Å²) in [6, 6.07) is 0.466. The standard InChI is InChI=1S/C15H27N7/c1-5-8-22-9-6-13(7-10-22)18-15(16-3)17-11-14-20-19-12(2)21(14)4/h5,13H,1,6-11H2,2-4H3,(H2,16,17,18). The summed E-state index contributed by atoms with van der Waals surface area (Å²) in [5.74, 6) is 2.64. The van der Waals surface area contributed by atoms with Crippen LogP contribution in [0.4, 0.5) is 0 Å². The van der Waals surface area contributed by atoms with Gasteiger partial charge in [-0.25, -0.2) is 0 Å². The molecule has 1 fully saturated rings. The van der Waals surface area contributed by atoms with Crippen molar-refractivity contribution >= 4 is 5.96 Å². The van der Waals surface area contributed by atoms with Crippen molar-refractivity contribution in [3.05, 3.63) is 24.3 Å². The maximum absolute atomic E-state index is 4.30. The second-order valence-electron chi connectivity index (χ2n) is 5.66. The molecule has 122 valence electrons. The van der Waals surface area contributed by atoms with Crippen LogP contribution in [0, 0.1) is 6.92 Å². The van der Waals surface area contributed by atoms with Crippen molar-refractivity contribution < 1.29 is 0 Å². The number of likely N-dealkylation sites (tertiary alicyclic amines) is 1. The first kappa shape index (κ1) is 16.5. The molecule has 1 aliphatic rings. The molecule has 0 aromatic carbocycles. The maximum Gasteiger partial charge on any atom is 0.191 e. The Bertz CT molecular complexity index is 512. The first-order valence-corrected chi connectivity index (χ1v) is 7.79. The second-order valence-corrected chi connectivity index (χ2v) is 5.66. The van der Waals surface area contributed by atoms with Gasteiger partial charge in [-0.3, -0.25) is 9.89 Å². The third-order valence-electron chi connectivity index (χ3n) is 4.14. The SMILES string of the molecule is C=CCN1CCC(NC(=NC)NCc2nnc(C)n2C)CC1. The van der Waals surface area contributed by atoms with Gasteiger partial charge in [0.2, 0.25) is 0 Å². The third-order valence-corrected chi connectivity index (χ3v) is 4.14. The van der Waals surface area contributed by atoms with E-state index in [0.717, 1.165) is 50.1 Å². The lowest BCUT2D eigenvalue weighted by molar-refractivity contribution is 0.225. The lowest BCUT2D eigenvalue weighted by Crippen LogP contribution is -2.48. The van der Waals surface area contributed by atoms with Gasteiger partial charge in [0.25, 0.3) is 0 Å². The highest BCUT2D eigenvalue weighted by Crippen LogP contribution is 2.09. The van der Waals surface area contributed by atoms with Crippen LogP contribution < -0.4 is 10.6 Å². The molecule has 2 heterocycles. The summed E-state index contributed by atoms with van der Waals surface area (Å²) >= 11 is 0. The van der Waals surface area contributed by atoms with Crippen LogP contribution in [0.1, 0.15) is 24.5 Å². The van der Waals surface area contributed by atoms with Gasteiger partial charge in [-0.1, -0.05) is 6.08 Å². The van der Waals surface area contributed by atoms with E-state index in [4.69, 9.17) is 0 Å². The highest BCUT2D eigenvalue weighted by molar-refractivity contribution is 5.79. The summed E-state index contributed by atoms with van der Waals surface area (Å²) in [7, 11) is 3.77. The Labute approximate surface area is 132 Å². The topological polar surface area (TPSA) is 70.4 Å². The van der Waals surface area contributed by atoms with E-state index in [9.17, 15) is 0 Å². The van der Waals surface area contributed by atoms with E-state index in [1.54, 1.807) is 7.05 Å². The average molecular weight is 305 g/mol. The van der Waals surface area contributed by atoms with Crippen LogP contribution in [0.3, 0.4) is 0 Å². The first-order chi connectivity index (χ1) is 10.6. The Kier molecular flexibility index (Phi) is 5.94. The molecule has 7 nitrogen and oxygen atoms in total. The van der Waals surface area contributed by atoms with Crippen LogP contribution in [-0.4, -0.2) is 58.3 Å². The number of aromatic nitrogens is 3. The minimum Gasteiger partial charge on any atom is -0.354 e. The Hall–Kier alpha value is -1.89. The van der Waals surface area contributed by atoms with Crippen molar-refractivity contribution in [2.24, 2.45) is 12.0 Å². The summed E-state index contributed by atoms with van der Waals surface area (Å²) in [5.41, 5.74) is 0. The number of rotatable bonds is 5. The first-order valence-electron chi connectivity index (χ1n) is 7.79. The fraction of sp³-hybridized carbons (Fsp3) is 0.667. The second kappa shape index (κ2) is 7.93. The van der Waals surface area contributed by atoms with E-state index in [0.29, 0.717) is 12.6 Å². The fourth-order valence-electron chi connectivity index (χ4n) is 2.60. The number of hydrogen-bond acceptors (Lipinski definition) is 4. The van der Waals surface area contributed by atoms with Crippen LogP contribution in [0.15, 0.2) is 17.6 Å². The Morgan fingerprint density at radius 2 is 2.14 bits per heavy atom. The van der Waals surface area contributed by atoms with E-state index >= 15 is 0 Å². The van der Waals surface area contributed by atoms with Gasteiger partial charge in [0.05, 0.1) is 6.54 Å². The number of aliphatic imine (C=N–C) groups is 1. The maximum atomic E-state index is 4.30. The Balaban J connectivity index is 1.78. The number of aryl methyl sites for hydroxylation is 1. The molecule has 7 heteroatoms. The zero-order valence-corrected chi connectivity index (χ0v) is 13.8. The highest BCUT2D eigenvalue weighted by atomic mass is 15.3. The van der Waals surface area contributed by atoms with E-state index < -0.39 is 0 Å². The monoisotopic (exact) mass is 305 g/mol. The van der Waals surface area contributed by atoms with Crippen molar-refractivity contribution in [3.63, 3.8) is 0 Å². The van der Waals surface area contributed by atoms with E-state index in [1.807, 2.05) is 24.6 Å². The minimum absolute atomic E-state index is 0.466. The van der Waals surface area contributed by atoms with E-state index in [1.165, 1.54) is 0 Å². The molecule has 0 amide bonds. The Morgan fingerprint density at radius 1 is 1.41 bits per heavy atom. The quantitative estimate of drug-likeness (QED) is 0.469. The van der Waals surface area contributed by atoms with Gasteiger partial charge in [-0.2, -0.15) is 0 Å².